The molecular formula is C18H17BrCl2N2O3S. The summed E-state index contributed by atoms with van der Waals surface area (Å²) in [6.45, 7) is 0.516. The van der Waals surface area contributed by atoms with Gasteiger partial charge in [0.15, 0.2) is 0 Å². The number of rotatable bonds is 4. The largest absolute Gasteiger partial charge is 0.324 e. The zero-order chi connectivity index (χ0) is 19.6. The molecule has 0 saturated carbocycles. The second kappa shape index (κ2) is 8.49. The number of halogens is 3. The van der Waals surface area contributed by atoms with E-state index in [0.717, 1.165) is 4.47 Å². The molecule has 0 bridgehead atoms. The highest BCUT2D eigenvalue weighted by Gasteiger charge is 2.33. The number of amides is 1. The fourth-order valence-corrected chi connectivity index (χ4v) is 5.08. The fraction of sp³-hybridized carbons (Fsp3) is 0.278. The lowest BCUT2D eigenvalue weighted by Gasteiger charge is -2.31. The van der Waals surface area contributed by atoms with Gasteiger partial charge in [-0.05, 0) is 55.3 Å². The molecular weight excluding hydrogens is 475 g/mol. The van der Waals surface area contributed by atoms with Crippen molar-refractivity contribution >= 4 is 60.7 Å². The van der Waals surface area contributed by atoms with Crippen LogP contribution in [0.25, 0.3) is 0 Å². The molecule has 1 atom stereocenters. The highest BCUT2D eigenvalue weighted by Crippen LogP contribution is 2.28. The van der Waals surface area contributed by atoms with Gasteiger partial charge in [0.05, 0.1) is 21.5 Å². The molecule has 0 aliphatic carbocycles. The summed E-state index contributed by atoms with van der Waals surface area (Å²) >= 11 is 15.3. The Balaban J connectivity index is 1.74. The average Bonchev–Trinajstić information content (AvgIpc) is 2.65. The highest BCUT2D eigenvalue weighted by atomic mass is 79.9. The Hall–Kier alpha value is -1.12. The van der Waals surface area contributed by atoms with Crippen molar-refractivity contribution in [1.29, 1.82) is 0 Å². The molecule has 2 aromatic rings. The van der Waals surface area contributed by atoms with Crippen molar-refractivity contribution < 1.29 is 13.2 Å². The number of nitrogens with one attached hydrogen (secondary N) is 1. The summed E-state index contributed by atoms with van der Waals surface area (Å²) in [7, 11) is -3.65. The van der Waals surface area contributed by atoms with Gasteiger partial charge in [0.2, 0.25) is 15.9 Å². The maximum atomic E-state index is 12.9. The third-order valence-corrected chi connectivity index (χ3v) is 7.37. The maximum absolute atomic E-state index is 12.9. The minimum absolute atomic E-state index is 0.127. The van der Waals surface area contributed by atoms with Crippen molar-refractivity contribution in [3.8, 4) is 0 Å². The van der Waals surface area contributed by atoms with Crippen molar-refractivity contribution in [2.75, 3.05) is 18.4 Å². The van der Waals surface area contributed by atoms with E-state index < -0.39 is 15.9 Å². The Morgan fingerprint density at radius 2 is 1.85 bits per heavy atom. The molecule has 1 aliphatic heterocycles. The van der Waals surface area contributed by atoms with Gasteiger partial charge in [-0.3, -0.25) is 4.79 Å². The van der Waals surface area contributed by atoms with Gasteiger partial charge in [0.1, 0.15) is 0 Å². The van der Waals surface area contributed by atoms with Crippen LogP contribution in [-0.4, -0.2) is 31.7 Å². The van der Waals surface area contributed by atoms with E-state index in [9.17, 15) is 13.2 Å². The summed E-state index contributed by atoms with van der Waals surface area (Å²) < 4.78 is 27.9. The first-order valence-electron chi connectivity index (χ1n) is 8.29. The molecule has 1 saturated heterocycles. The van der Waals surface area contributed by atoms with E-state index in [0.29, 0.717) is 35.1 Å². The Labute approximate surface area is 176 Å². The minimum atomic E-state index is -3.65. The van der Waals surface area contributed by atoms with Gasteiger partial charge in [-0.2, -0.15) is 4.31 Å². The molecule has 0 radical (unpaired) electrons. The average molecular weight is 492 g/mol. The molecule has 27 heavy (non-hydrogen) atoms. The molecule has 0 aromatic heterocycles. The predicted molar refractivity (Wildman–Crippen MR) is 111 cm³/mol. The molecule has 5 nitrogen and oxygen atoms in total. The third kappa shape index (κ3) is 4.84. The first kappa shape index (κ1) is 20.6. The van der Waals surface area contributed by atoms with Gasteiger partial charge < -0.3 is 5.32 Å². The highest BCUT2D eigenvalue weighted by molar-refractivity contribution is 9.10. The summed E-state index contributed by atoms with van der Waals surface area (Å²) in [6, 6.07) is 11.3. The SMILES string of the molecule is O=C(Nc1cc(Cl)ccc1Cl)[C@H]1CCCN(S(=O)(=O)c2ccc(Br)cc2)C1. The van der Waals surface area contributed by atoms with Crippen molar-refractivity contribution in [3.05, 3.63) is 57.0 Å². The Bertz CT molecular complexity index is 952. The molecule has 1 fully saturated rings. The summed E-state index contributed by atoms with van der Waals surface area (Å²) in [4.78, 5) is 12.9. The van der Waals surface area contributed by atoms with Crippen molar-refractivity contribution in [3.63, 3.8) is 0 Å². The van der Waals surface area contributed by atoms with E-state index in [1.165, 1.54) is 4.31 Å². The molecule has 9 heteroatoms. The molecule has 1 N–H and O–H groups in total. The van der Waals surface area contributed by atoms with Gasteiger partial charge >= 0.3 is 0 Å². The van der Waals surface area contributed by atoms with Crippen LogP contribution in [0.2, 0.25) is 10.0 Å². The van der Waals surface area contributed by atoms with Crippen molar-refractivity contribution in [2.24, 2.45) is 5.92 Å². The van der Waals surface area contributed by atoms with Crippen LogP contribution in [0.3, 0.4) is 0 Å². The Morgan fingerprint density at radius 3 is 2.56 bits per heavy atom. The quantitative estimate of drug-likeness (QED) is 0.668. The molecule has 3 rings (SSSR count). The Kier molecular flexibility index (Phi) is 6.48. The number of carbonyl (C=O) groups excluding carboxylic acids is 1. The number of carbonyl (C=O) groups is 1. The molecule has 1 aliphatic rings. The number of nitrogens with zero attached hydrogens (tertiary/aromatic N) is 1. The number of sulfonamides is 1. The van der Waals surface area contributed by atoms with E-state index in [1.807, 2.05) is 0 Å². The first-order valence-corrected chi connectivity index (χ1v) is 11.3. The maximum Gasteiger partial charge on any atom is 0.243 e. The van der Waals surface area contributed by atoms with Gasteiger partial charge in [-0.1, -0.05) is 39.1 Å². The van der Waals surface area contributed by atoms with Crippen LogP contribution in [-0.2, 0) is 14.8 Å². The van der Waals surface area contributed by atoms with Crippen LogP contribution < -0.4 is 5.32 Å². The summed E-state index contributed by atoms with van der Waals surface area (Å²) in [5, 5.41) is 3.59. The number of hydrogen-bond donors (Lipinski definition) is 1. The lowest BCUT2D eigenvalue weighted by Crippen LogP contribution is -2.43. The molecule has 1 heterocycles. The Morgan fingerprint density at radius 1 is 1.15 bits per heavy atom. The number of anilines is 1. The molecule has 144 valence electrons. The van der Waals surface area contributed by atoms with Crippen molar-refractivity contribution in [2.45, 2.75) is 17.7 Å². The normalized spacial score (nSPS) is 18.3. The van der Waals surface area contributed by atoms with Crippen LogP contribution in [0.1, 0.15) is 12.8 Å². The fourth-order valence-electron chi connectivity index (χ4n) is 2.96. The molecule has 2 aromatic carbocycles. The molecule has 0 unspecified atom stereocenters. The van der Waals surface area contributed by atoms with Crippen LogP contribution >= 0.6 is 39.1 Å². The van der Waals surface area contributed by atoms with Gasteiger partial charge in [-0.25, -0.2) is 8.42 Å². The lowest BCUT2D eigenvalue weighted by atomic mass is 9.99. The smallest absolute Gasteiger partial charge is 0.243 e. The minimum Gasteiger partial charge on any atom is -0.324 e. The zero-order valence-corrected chi connectivity index (χ0v) is 18.1. The first-order chi connectivity index (χ1) is 12.8. The van der Waals surface area contributed by atoms with E-state index in [-0.39, 0.29) is 17.3 Å². The van der Waals surface area contributed by atoms with Gasteiger partial charge in [0.25, 0.3) is 0 Å². The number of hydrogen-bond acceptors (Lipinski definition) is 3. The molecule has 1 amide bonds. The van der Waals surface area contributed by atoms with E-state index in [1.54, 1.807) is 42.5 Å². The summed E-state index contributed by atoms with van der Waals surface area (Å²) in [5.41, 5.74) is 0.419. The second-order valence-electron chi connectivity index (χ2n) is 6.27. The van der Waals surface area contributed by atoms with E-state index >= 15 is 0 Å². The summed E-state index contributed by atoms with van der Waals surface area (Å²) in [6.07, 6.45) is 1.22. The summed E-state index contributed by atoms with van der Waals surface area (Å²) in [5.74, 6) is -0.728. The standard InChI is InChI=1S/C18H17BrCl2N2O3S/c19-13-3-6-15(7-4-13)27(25,26)23-9-1-2-12(11-23)18(24)22-17-10-14(20)5-8-16(17)21/h3-8,10,12H,1-2,9,11H2,(H,22,24)/t12-/m0/s1. The molecule has 0 spiro atoms. The number of benzene rings is 2. The van der Waals surface area contributed by atoms with Gasteiger partial charge in [0, 0.05) is 22.6 Å². The number of piperidine rings is 1. The van der Waals surface area contributed by atoms with Crippen LogP contribution in [0.15, 0.2) is 51.8 Å². The van der Waals surface area contributed by atoms with Crippen molar-refractivity contribution in [1.82, 2.24) is 4.31 Å². The zero-order valence-electron chi connectivity index (χ0n) is 14.2. The van der Waals surface area contributed by atoms with E-state index in [4.69, 9.17) is 23.2 Å². The van der Waals surface area contributed by atoms with Crippen LogP contribution in [0.4, 0.5) is 5.69 Å². The van der Waals surface area contributed by atoms with Gasteiger partial charge in [-0.15, -0.1) is 0 Å². The van der Waals surface area contributed by atoms with Crippen LogP contribution in [0.5, 0.6) is 0 Å². The monoisotopic (exact) mass is 490 g/mol. The van der Waals surface area contributed by atoms with E-state index in [2.05, 4.69) is 21.2 Å². The predicted octanol–water partition coefficient (Wildman–Crippen LogP) is 4.80. The van der Waals surface area contributed by atoms with Crippen LogP contribution in [0, 0.1) is 5.92 Å². The third-order valence-electron chi connectivity index (χ3n) is 4.39. The topological polar surface area (TPSA) is 66.5 Å². The second-order valence-corrected chi connectivity index (χ2v) is 9.97. The lowest BCUT2D eigenvalue weighted by molar-refractivity contribution is -0.120.